The van der Waals surface area contributed by atoms with Crippen molar-refractivity contribution in [3.05, 3.63) is 0 Å². The van der Waals surface area contributed by atoms with Gasteiger partial charge in [-0.2, -0.15) is 0 Å². The van der Waals surface area contributed by atoms with Gasteiger partial charge in [-0.05, 0) is 31.6 Å². The molecule has 88 valence electrons. The number of halogens is 1. The van der Waals surface area contributed by atoms with Crippen molar-refractivity contribution in [3.8, 4) is 0 Å². The van der Waals surface area contributed by atoms with E-state index in [1.54, 1.807) is 0 Å². The van der Waals surface area contributed by atoms with E-state index in [9.17, 15) is 0 Å². The van der Waals surface area contributed by atoms with E-state index in [1.807, 2.05) is 0 Å². The lowest BCUT2D eigenvalue weighted by molar-refractivity contribution is 0.299. The van der Waals surface area contributed by atoms with Crippen LogP contribution in [0.2, 0.25) is 0 Å². The van der Waals surface area contributed by atoms with Gasteiger partial charge in [0.25, 0.3) is 0 Å². The largest absolute Gasteiger partial charge is 0.119 e. The molecule has 2 aliphatic rings. The van der Waals surface area contributed by atoms with Crippen LogP contribution >= 0.6 is 11.6 Å². The molecule has 0 amide bonds. The SMILES string of the molecule is ClC1(C2CCCCCC2)CCCCCC1. The average molecular weight is 229 g/mol. The third-order valence-corrected chi connectivity index (χ3v) is 5.21. The fourth-order valence-corrected chi connectivity index (χ4v) is 4.01. The maximum atomic E-state index is 6.93. The molecule has 0 nitrogen and oxygen atoms in total. The van der Waals surface area contributed by atoms with E-state index in [0.29, 0.717) is 0 Å². The fourth-order valence-electron chi connectivity index (χ4n) is 3.52. The standard InChI is InChI=1S/C14H25Cl/c15-14(11-7-3-4-8-12-14)13-9-5-1-2-6-10-13/h13H,1-12H2. The molecule has 0 spiro atoms. The Balaban J connectivity index is 1.97. The molecule has 0 aromatic heterocycles. The van der Waals surface area contributed by atoms with Crippen molar-refractivity contribution in [1.82, 2.24) is 0 Å². The van der Waals surface area contributed by atoms with Gasteiger partial charge >= 0.3 is 0 Å². The maximum Gasteiger partial charge on any atom is 0.0475 e. The summed E-state index contributed by atoms with van der Waals surface area (Å²) in [6.07, 6.45) is 16.7. The third-order valence-electron chi connectivity index (χ3n) is 4.52. The van der Waals surface area contributed by atoms with E-state index in [-0.39, 0.29) is 4.87 Å². The van der Waals surface area contributed by atoms with Crippen LogP contribution in [0.15, 0.2) is 0 Å². The summed E-state index contributed by atoms with van der Waals surface area (Å²) in [6, 6.07) is 0. The summed E-state index contributed by atoms with van der Waals surface area (Å²) in [4.78, 5) is 0.195. The highest BCUT2D eigenvalue weighted by atomic mass is 35.5. The zero-order valence-corrected chi connectivity index (χ0v) is 10.7. The Hall–Kier alpha value is 0.290. The monoisotopic (exact) mass is 228 g/mol. The summed E-state index contributed by atoms with van der Waals surface area (Å²) in [5.74, 6) is 0.833. The molecule has 0 heterocycles. The molecule has 1 heteroatoms. The van der Waals surface area contributed by atoms with Gasteiger partial charge in [0.15, 0.2) is 0 Å². The fraction of sp³-hybridized carbons (Fsp3) is 1.00. The first-order chi connectivity index (χ1) is 7.31. The van der Waals surface area contributed by atoms with E-state index < -0.39 is 0 Å². The lowest BCUT2D eigenvalue weighted by Crippen LogP contribution is -2.31. The van der Waals surface area contributed by atoms with Crippen molar-refractivity contribution >= 4 is 11.6 Å². The number of alkyl halides is 1. The topological polar surface area (TPSA) is 0 Å². The highest BCUT2D eigenvalue weighted by molar-refractivity contribution is 6.24. The predicted molar refractivity (Wildman–Crippen MR) is 67.5 cm³/mol. The smallest absolute Gasteiger partial charge is 0.0475 e. The van der Waals surface area contributed by atoms with Gasteiger partial charge in [-0.15, -0.1) is 11.6 Å². The van der Waals surface area contributed by atoms with Gasteiger partial charge in [0, 0.05) is 4.87 Å². The zero-order valence-electron chi connectivity index (χ0n) is 9.94. The lowest BCUT2D eigenvalue weighted by atomic mass is 9.80. The van der Waals surface area contributed by atoms with Crippen molar-refractivity contribution in [2.45, 2.75) is 81.9 Å². The predicted octanol–water partition coefficient (Wildman–Crippen LogP) is 5.29. The summed E-state index contributed by atoms with van der Waals surface area (Å²) >= 11 is 6.93. The molecule has 0 radical (unpaired) electrons. The molecule has 2 rings (SSSR count). The third kappa shape index (κ3) is 3.12. The molecule has 15 heavy (non-hydrogen) atoms. The van der Waals surface area contributed by atoms with Crippen molar-refractivity contribution in [2.24, 2.45) is 5.92 Å². The van der Waals surface area contributed by atoms with Crippen LogP contribution in [-0.2, 0) is 0 Å². The van der Waals surface area contributed by atoms with Gasteiger partial charge in [-0.25, -0.2) is 0 Å². The Labute approximate surface area is 99.8 Å². The minimum atomic E-state index is 0.195. The molecule has 0 saturated heterocycles. The Morgan fingerprint density at radius 2 is 1.13 bits per heavy atom. The minimum Gasteiger partial charge on any atom is -0.119 e. The first-order valence-corrected chi connectivity index (χ1v) is 7.38. The highest BCUT2D eigenvalue weighted by Crippen LogP contribution is 2.44. The van der Waals surface area contributed by atoms with Gasteiger partial charge in [0.05, 0.1) is 0 Å². The minimum absolute atomic E-state index is 0.195. The molecule has 0 aliphatic heterocycles. The average Bonchev–Trinajstić information content (AvgIpc) is 2.60. The van der Waals surface area contributed by atoms with Crippen LogP contribution in [0.3, 0.4) is 0 Å². The molecule has 0 N–H and O–H groups in total. The molecular formula is C14H25Cl. The van der Waals surface area contributed by atoms with Gasteiger partial charge in [-0.3, -0.25) is 0 Å². The molecule has 0 atom stereocenters. The van der Waals surface area contributed by atoms with E-state index in [4.69, 9.17) is 11.6 Å². The van der Waals surface area contributed by atoms with Crippen LogP contribution in [0.5, 0.6) is 0 Å². The summed E-state index contributed by atoms with van der Waals surface area (Å²) in [7, 11) is 0. The Kier molecular flexibility index (Phi) is 4.37. The Bertz CT molecular complexity index is 172. The molecule has 0 aromatic rings. The first kappa shape index (κ1) is 11.8. The van der Waals surface area contributed by atoms with Crippen LogP contribution in [0.25, 0.3) is 0 Å². The van der Waals surface area contributed by atoms with Crippen LogP contribution < -0.4 is 0 Å². The summed E-state index contributed by atoms with van der Waals surface area (Å²) in [5.41, 5.74) is 0. The van der Waals surface area contributed by atoms with Crippen molar-refractivity contribution in [2.75, 3.05) is 0 Å². The van der Waals surface area contributed by atoms with Crippen LogP contribution in [0, 0.1) is 5.92 Å². The molecule has 0 unspecified atom stereocenters. The lowest BCUT2D eigenvalue weighted by Gasteiger charge is -2.34. The zero-order chi connectivity index (χ0) is 10.6. The number of hydrogen-bond acceptors (Lipinski definition) is 0. The molecule has 0 bridgehead atoms. The normalized spacial score (nSPS) is 29.4. The molecule has 2 fully saturated rings. The number of hydrogen-bond donors (Lipinski definition) is 0. The second-order valence-electron chi connectivity index (χ2n) is 5.64. The van der Waals surface area contributed by atoms with Crippen LogP contribution in [0.4, 0.5) is 0 Å². The first-order valence-electron chi connectivity index (χ1n) is 7.00. The summed E-state index contributed by atoms with van der Waals surface area (Å²) in [6.45, 7) is 0. The quantitative estimate of drug-likeness (QED) is 0.423. The number of rotatable bonds is 1. The highest BCUT2D eigenvalue weighted by Gasteiger charge is 2.36. The summed E-state index contributed by atoms with van der Waals surface area (Å²) < 4.78 is 0. The van der Waals surface area contributed by atoms with Gasteiger partial charge in [-0.1, -0.05) is 51.4 Å². The molecular weight excluding hydrogens is 204 g/mol. The second kappa shape index (κ2) is 5.57. The molecule has 2 aliphatic carbocycles. The van der Waals surface area contributed by atoms with E-state index >= 15 is 0 Å². The maximum absolute atomic E-state index is 6.93. The molecule has 0 aromatic carbocycles. The van der Waals surface area contributed by atoms with Crippen molar-refractivity contribution in [3.63, 3.8) is 0 Å². The van der Waals surface area contributed by atoms with Crippen molar-refractivity contribution < 1.29 is 0 Å². The van der Waals surface area contributed by atoms with Gasteiger partial charge in [0.1, 0.15) is 0 Å². The van der Waals surface area contributed by atoms with Crippen LogP contribution in [0.1, 0.15) is 77.0 Å². The Morgan fingerprint density at radius 1 is 0.667 bits per heavy atom. The van der Waals surface area contributed by atoms with Gasteiger partial charge in [0.2, 0.25) is 0 Å². The van der Waals surface area contributed by atoms with Gasteiger partial charge < -0.3 is 0 Å². The van der Waals surface area contributed by atoms with E-state index in [0.717, 1.165) is 5.92 Å². The van der Waals surface area contributed by atoms with E-state index in [2.05, 4.69) is 0 Å². The van der Waals surface area contributed by atoms with Crippen molar-refractivity contribution in [1.29, 1.82) is 0 Å². The summed E-state index contributed by atoms with van der Waals surface area (Å²) in [5, 5.41) is 0. The van der Waals surface area contributed by atoms with E-state index in [1.165, 1.54) is 77.0 Å². The van der Waals surface area contributed by atoms with Crippen LogP contribution in [-0.4, -0.2) is 4.87 Å². The second-order valence-corrected chi connectivity index (χ2v) is 6.39. The molecule has 2 saturated carbocycles. The Morgan fingerprint density at radius 3 is 1.67 bits per heavy atom.